The molecule has 0 spiro atoms. The molecule has 18 heavy (non-hydrogen) atoms. The number of rotatable bonds is 2. The highest BCUT2D eigenvalue weighted by molar-refractivity contribution is 5.91. The van der Waals surface area contributed by atoms with Gasteiger partial charge in [0.2, 0.25) is 0 Å². The number of fused-ring (bicyclic) bond motifs is 2. The van der Waals surface area contributed by atoms with Gasteiger partial charge in [0, 0.05) is 24.9 Å². The summed E-state index contributed by atoms with van der Waals surface area (Å²) in [5, 5.41) is 0. The number of nitrogens with zero attached hydrogens (tertiary/aromatic N) is 1. The summed E-state index contributed by atoms with van der Waals surface area (Å²) in [5.74, 6) is 0.447. The molecule has 2 bridgehead atoms. The van der Waals surface area contributed by atoms with Crippen LogP contribution in [0.5, 0.6) is 0 Å². The van der Waals surface area contributed by atoms with Gasteiger partial charge in [-0.1, -0.05) is 30.3 Å². The smallest absolute Gasteiger partial charge is 0.410 e. The van der Waals surface area contributed by atoms with E-state index in [9.17, 15) is 9.59 Å². The summed E-state index contributed by atoms with van der Waals surface area (Å²) in [6.07, 6.45) is 0.641. The monoisotopic (exact) mass is 245 g/mol. The molecule has 4 nitrogen and oxygen atoms in total. The molecular weight excluding hydrogens is 230 g/mol. The molecule has 4 heteroatoms. The van der Waals surface area contributed by atoms with Gasteiger partial charge in [-0.25, -0.2) is 4.79 Å². The Morgan fingerprint density at radius 1 is 1.22 bits per heavy atom. The third kappa shape index (κ3) is 1.98. The van der Waals surface area contributed by atoms with Gasteiger partial charge >= 0.3 is 6.09 Å². The van der Waals surface area contributed by atoms with Crippen molar-refractivity contribution >= 4 is 11.9 Å². The Morgan fingerprint density at radius 2 is 1.89 bits per heavy atom. The molecule has 3 aliphatic rings. The van der Waals surface area contributed by atoms with Crippen molar-refractivity contribution in [1.82, 2.24) is 4.90 Å². The Kier molecular flexibility index (Phi) is 2.78. The van der Waals surface area contributed by atoms with E-state index in [1.54, 1.807) is 4.90 Å². The van der Waals surface area contributed by atoms with Crippen LogP contribution in [0.4, 0.5) is 4.79 Å². The average Bonchev–Trinajstić information content (AvgIpc) is 2.45. The Labute approximate surface area is 106 Å². The van der Waals surface area contributed by atoms with Crippen molar-refractivity contribution in [1.29, 1.82) is 0 Å². The van der Waals surface area contributed by atoms with Gasteiger partial charge in [-0.15, -0.1) is 0 Å². The molecule has 1 aromatic rings. The lowest BCUT2D eigenvalue weighted by Crippen LogP contribution is -2.57. The molecule has 1 aliphatic carbocycles. The first-order chi connectivity index (χ1) is 8.74. The predicted octanol–water partition coefficient (Wildman–Crippen LogP) is 1.84. The summed E-state index contributed by atoms with van der Waals surface area (Å²) >= 11 is 0. The number of benzene rings is 1. The number of ether oxygens (including phenoxy) is 1. The average molecular weight is 245 g/mol. The molecule has 2 heterocycles. The molecule has 1 saturated carbocycles. The summed E-state index contributed by atoms with van der Waals surface area (Å²) in [5.41, 5.74) is 0.976. The maximum atomic E-state index is 11.8. The van der Waals surface area contributed by atoms with Crippen LogP contribution in [0.1, 0.15) is 12.0 Å². The molecule has 0 N–H and O–H groups in total. The van der Waals surface area contributed by atoms with E-state index < -0.39 is 0 Å². The van der Waals surface area contributed by atoms with E-state index in [0.717, 1.165) is 12.0 Å². The van der Waals surface area contributed by atoms with Crippen molar-refractivity contribution in [2.75, 3.05) is 13.1 Å². The zero-order valence-corrected chi connectivity index (χ0v) is 10.0. The van der Waals surface area contributed by atoms with Crippen molar-refractivity contribution in [3.8, 4) is 0 Å². The third-order valence-corrected chi connectivity index (χ3v) is 3.72. The van der Waals surface area contributed by atoms with Crippen LogP contribution in [-0.2, 0) is 16.1 Å². The van der Waals surface area contributed by atoms with Crippen molar-refractivity contribution in [3.63, 3.8) is 0 Å². The number of piperidine rings is 2. The highest BCUT2D eigenvalue weighted by Gasteiger charge is 2.47. The van der Waals surface area contributed by atoms with Crippen molar-refractivity contribution < 1.29 is 14.3 Å². The molecule has 2 atom stereocenters. The van der Waals surface area contributed by atoms with E-state index in [1.807, 2.05) is 30.3 Å². The molecule has 3 fully saturated rings. The van der Waals surface area contributed by atoms with Gasteiger partial charge in [-0.2, -0.15) is 0 Å². The molecule has 0 aromatic heterocycles. The van der Waals surface area contributed by atoms with Crippen LogP contribution in [0.15, 0.2) is 30.3 Å². The number of hydrogen-bond donors (Lipinski definition) is 0. The van der Waals surface area contributed by atoms with E-state index in [1.165, 1.54) is 0 Å². The summed E-state index contributed by atoms with van der Waals surface area (Å²) < 4.78 is 5.25. The van der Waals surface area contributed by atoms with E-state index in [-0.39, 0.29) is 17.9 Å². The van der Waals surface area contributed by atoms with Crippen molar-refractivity contribution in [2.24, 2.45) is 11.8 Å². The minimum absolute atomic E-state index is 0.0630. The number of ketones is 1. The maximum absolute atomic E-state index is 11.8. The lowest BCUT2D eigenvalue weighted by molar-refractivity contribution is -0.142. The minimum atomic E-state index is -0.305. The Hall–Kier alpha value is -1.84. The molecule has 1 amide bonds. The third-order valence-electron chi connectivity index (χ3n) is 3.72. The number of carbonyl (C=O) groups is 2. The van der Waals surface area contributed by atoms with Crippen molar-refractivity contribution in [2.45, 2.75) is 13.0 Å². The highest BCUT2D eigenvalue weighted by Crippen LogP contribution is 2.36. The molecule has 0 unspecified atom stereocenters. The lowest BCUT2D eigenvalue weighted by atomic mass is 9.70. The normalized spacial score (nSPS) is 25.6. The molecule has 94 valence electrons. The number of Topliss-reactive ketones (excluding diaryl/α,β-unsaturated/α-hetero) is 1. The summed E-state index contributed by atoms with van der Waals surface area (Å²) in [6.45, 7) is 1.35. The van der Waals surface area contributed by atoms with E-state index >= 15 is 0 Å². The number of carbonyl (C=O) groups excluding carboxylic acids is 2. The second-order valence-electron chi connectivity index (χ2n) is 4.98. The largest absolute Gasteiger partial charge is 0.445 e. The van der Waals surface area contributed by atoms with Crippen molar-refractivity contribution in [3.05, 3.63) is 35.9 Å². The number of hydrogen-bond acceptors (Lipinski definition) is 3. The van der Waals surface area contributed by atoms with Crippen LogP contribution in [-0.4, -0.2) is 29.9 Å². The van der Waals surface area contributed by atoms with Crippen LogP contribution in [0, 0.1) is 11.8 Å². The Bertz CT molecular complexity index is 457. The first-order valence-electron chi connectivity index (χ1n) is 6.23. The van der Waals surface area contributed by atoms with Gasteiger partial charge in [0.15, 0.2) is 0 Å². The summed E-state index contributed by atoms with van der Waals surface area (Å²) in [4.78, 5) is 24.9. The van der Waals surface area contributed by atoms with Gasteiger partial charge in [0.25, 0.3) is 0 Å². The quantitative estimate of drug-likeness (QED) is 0.798. The fourth-order valence-electron chi connectivity index (χ4n) is 2.64. The van der Waals surface area contributed by atoms with Gasteiger partial charge in [0.1, 0.15) is 12.4 Å². The maximum Gasteiger partial charge on any atom is 0.410 e. The summed E-state index contributed by atoms with van der Waals surface area (Å²) in [7, 11) is 0. The first kappa shape index (κ1) is 11.3. The van der Waals surface area contributed by atoms with E-state index in [0.29, 0.717) is 25.5 Å². The molecule has 1 aromatic carbocycles. The van der Waals surface area contributed by atoms with Gasteiger partial charge < -0.3 is 9.64 Å². The Balaban J connectivity index is 1.52. The van der Waals surface area contributed by atoms with E-state index in [4.69, 9.17) is 4.74 Å². The molecule has 2 saturated heterocycles. The second kappa shape index (κ2) is 4.44. The molecule has 4 rings (SSSR count). The van der Waals surface area contributed by atoms with Crippen LogP contribution < -0.4 is 0 Å². The lowest BCUT2D eigenvalue weighted by Gasteiger charge is -2.44. The fraction of sp³-hybridized carbons (Fsp3) is 0.429. The van der Waals surface area contributed by atoms with E-state index in [2.05, 4.69) is 0 Å². The fourth-order valence-corrected chi connectivity index (χ4v) is 2.64. The van der Waals surface area contributed by atoms with Gasteiger partial charge in [0.05, 0.1) is 0 Å². The van der Waals surface area contributed by atoms with Crippen LogP contribution in [0.3, 0.4) is 0 Å². The van der Waals surface area contributed by atoms with Crippen LogP contribution in [0.25, 0.3) is 0 Å². The van der Waals surface area contributed by atoms with Gasteiger partial charge in [-0.05, 0) is 12.0 Å². The standard InChI is InChI=1S/C14H15NO3/c16-13-11-6-12(13)8-15(7-11)14(17)18-9-10-4-2-1-3-5-10/h1-5,11-12H,6-9H2/t11-,12-/m1/s1. The zero-order valence-electron chi connectivity index (χ0n) is 10.0. The van der Waals surface area contributed by atoms with Crippen LogP contribution in [0.2, 0.25) is 0 Å². The molecule has 2 aliphatic heterocycles. The zero-order chi connectivity index (χ0) is 12.5. The highest BCUT2D eigenvalue weighted by atomic mass is 16.6. The SMILES string of the molecule is O=C1[C@@H]2C[C@@H]1CN(C(=O)OCc1ccccc1)C2. The topological polar surface area (TPSA) is 46.6 Å². The number of amides is 1. The second-order valence-corrected chi connectivity index (χ2v) is 4.98. The minimum Gasteiger partial charge on any atom is -0.445 e. The van der Waals surface area contributed by atoms with Gasteiger partial charge in [-0.3, -0.25) is 4.79 Å². The Morgan fingerprint density at radius 3 is 2.50 bits per heavy atom. The first-order valence-corrected chi connectivity index (χ1v) is 6.23. The predicted molar refractivity (Wildman–Crippen MR) is 64.8 cm³/mol. The summed E-state index contributed by atoms with van der Waals surface area (Å²) in [6, 6.07) is 9.60. The molecular formula is C14H15NO3. The van der Waals surface area contributed by atoms with Crippen LogP contribution >= 0.6 is 0 Å². The molecule has 0 radical (unpaired) electrons.